The highest BCUT2D eigenvalue weighted by Crippen LogP contribution is 2.09. The molecule has 21 heavy (non-hydrogen) atoms. The van der Waals surface area contributed by atoms with Gasteiger partial charge in [-0.05, 0) is 32.9 Å². The fourth-order valence-electron chi connectivity index (χ4n) is 1.25. The van der Waals surface area contributed by atoms with Crippen LogP contribution in [0, 0.1) is 0 Å². The summed E-state index contributed by atoms with van der Waals surface area (Å²) in [7, 11) is 0. The molecule has 0 spiro atoms. The Kier molecular flexibility index (Phi) is 8.85. The number of ether oxygens (including phenoxy) is 2. The lowest BCUT2D eigenvalue weighted by molar-refractivity contribution is -0.134. The first-order valence-corrected chi connectivity index (χ1v) is 7.09. The predicted octanol–water partition coefficient (Wildman–Crippen LogP) is 3.53. The normalized spacial score (nSPS) is 9.95. The van der Waals surface area contributed by atoms with Gasteiger partial charge in [-0.1, -0.05) is 32.0 Å². The Bertz CT molecular complexity index is 424. The van der Waals surface area contributed by atoms with Crippen molar-refractivity contribution >= 4 is 12.1 Å². The third-order valence-electron chi connectivity index (χ3n) is 1.97. The van der Waals surface area contributed by atoms with E-state index in [1.54, 1.807) is 45.0 Å². The van der Waals surface area contributed by atoms with Crippen LogP contribution in [-0.4, -0.2) is 24.2 Å². The summed E-state index contributed by atoms with van der Waals surface area (Å²) in [5.41, 5.74) is -0.547. The summed E-state index contributed by atoms with van der Waals surface area (Å²) in [5, 5.41) is 2.49. The molecule has 1 rings (SSSR count). The van der Waals surface area contributed by atoms with Gasteiger partial charge in [0.25, 0.3) is 0 Å². The van der Waals surface area contributed by atoms with Gasteiger partial charge in [0, 0.05) is 6.54 Å². The number of rotatable bonds is 4. The van der Waals surface area contributed by atoms with E-state index in [9.17, 15) is 9.59 Å². The van der Waals surface area contributed by atoms with Crippen LogP contribution in [0.4, 0.5) is 4.79 Å². The zero-order valence-corrected chi connectivity index (χ0v) is 13.4. The Morgan fingerprint density at radius 2 is 1.67 bits per heavy atom. The molecule has 0 saturated carbocycles. The van der Waals surface area contributed by atoms with E-state index in [-0.39, 0.29) is 13.0 Å². The summed E-state index contributed by atoms with van der Waals surface area (Å²) in [6.07, 6.45) is -0.450. The Morgan fingerprint density at radius 3 is 2.19 bits per heavy atom. The van der Waals surface area contributed by atoms with Gasteiger partial charge in [-0.25, -0.2) is 4.79 Å². The molecule has 118 valence electrons. The van der Waals surface area contributed by atoms with Crippen molar-refractivity contribution in [3.8, 4) is 5.75 Å². The van der Waals surface area contributed by atoms with E-state index >= 15 is 0 Å². The smallest absolute Gasteiger partial charge is 0.407 e. The highest BCUT2D eigenvalue weighted by molar-refractivity contribution is 5.74. The van der Waals surface area contributed by atoms with Crippen LogP contribution in [0.3, 0.4) is 0 Å². The zero-order valence-electron chi connectivity index (χ0n) is 13.4. The third kappa shape index (κ3) is 10.4. The summed E-state index contributed by atoms with van der Waals surface area (Å²) in [6, 6.07) is 8.78. The molecule has 0 aliphatic rings. The van der Waals surface area contributed by atoms with Gasteiger partial charge in [-0.2, -0.15) is 0 Å². The van der Waals surface area contributed by atoms with Crippen LogP contribution in [0.1, 0.15) is 41.0 Å². The Morgan fingerprint density at radius 1 is 1.10 bits per heavy atom. The fourth-order valence-corrected chi connectivity index (χ4v) is 1.25. The van der Waals surface area contributed by atoms with Gasteiger partial charge in [0.2, 0.25) is 0 Å². The molecule has 5 heteroatoms. The van der Waals surface area contributed by atoms with Gasteiger partial charge in [-0.15, -0.1) is 0 Å². The molecule has 0 aromatic heterocycles. The van der Waals surface area contributed by atoms with Crippen molar-refractivity contribution in [1.82, 2.24) is 5.32 Å². The van der Waals surface area contributed by atoms with Gasteiger partial charge in [0.15, 0.2) is 0 Å². The van der Waals surface area contributed by atoms with Crippen molar-refractivity contribution in [1.29, 1.82) is 0 Å². The van der Waals surface area contributed by atoms with Gasteiger partial charge < -0.3 is 14.8 Å². The molecule has 0 bridgehead atoms. The van der Waals surface area contributed by atoms with Crippen molar-refractivity contribution in [2.45, 2.75) is 46.6 Å². The number of esters is 1. The number of nitrogens with one attached hydrogen (secondary N) is 1. The molecule has 1 aromatic carbocycles. The van der Waals surface area contributed by atoms with Crippen LogP contribution >= 0.6 is 0 Å². The molecule has 0 atom stereocenters. The Labute approximate surface area is 126 Å². The first kappa shape index (κ1) is 19.0. The number of hydrogen-bond donors (Lipinski definition) is 1. The Balaban J connectivity index is 0.00000191. The van der Waals surface area contributed by atoms with E-state index in [2.05, 4.69) is 5.32 Å². The van der Waals surface area contributed by atoms with E-state index < -0.39 is 17.7 Å². The van der Waals surface area contributed by atoms with E-state index in [1.807, 2.05) is 19.9 Å². The molecule has 0 fully saturated rings. The van der Waals surface area contributed by atoms with Crippen LogP contribution in [0.15, 0.2) is 30.3 Å². The summed E-state index contributed by atoms with van der Waals surface area (Å²) >= 11 is 0. The second-order valence-electron chi connectivity index (χ2n) is 4.97. The molecule has 1 aromatic rings. The highest BCUT2D eigenvalue weighted by atomic mass is 16.6. The molecule has 5 nitrogen and oxygen atoms in total. The number of hydrogen-bond acceptors (Lipinski definition) is 4. The predicted molar refractivity (Wildman–Crippen MR) is 82.3 cm³/mol. The van der Waals surface area contributed by atoms with E-state index in [0.29, 0.717) is 5.75 Å². The van der Waals surface area contributed by atoms with Crippen LogP contribution in [0.5, 0.6) is 5.75 Å². The molecule has 1 N–H and O–H groups in total. The molecule has 0 aliphatic carbocycles. The highest BCUT2D eigenvalue weighted by Gasteiger charge is 2.16. The minimum Gasteiger partial charge on any atom is -0.444 e. The van der Waals surface area contributed by atoms with Crippen LogP contribution in [0.25, 0.3) is 0 Å². The Hall–Kier alpha value is -2.04. The molecule has 1 amide bonds. The average Bonchev–Trinajstić information content (AvgIpc) is 2.40. The summed E-state index contributed by atoms with van der Waals surface area (Å²) in [5.74, 6) is 0.0898. The van der Waals surface area contributed by atoms with Crippen LogP contribution in [-0.2, 0) is 9.53 Å². The van der Waals surface area contributed by atoms with Gasteiger partial charge >= 0.3 is 12.1 Å². The first-order chi connectivity index (χ1) is 9.87. The lowest BCUT2D eigenvalue weighted by Crippen LogP contribution is -2.34. The largest absolute Gasteiger partial charge is 0.444 e. The molecule has 0 radical (unpaired) electrons. The minimum atomic E-state index is -0.547. The van der Waals surface area contributed by atoms with Crippen molar-refractivity contribution in [3.05, 3.63) is 30.3 Å². The maximum absolute atomic E-state index is 11.5. The molecule has 0 aliphatic heterocycles. The first-order valence-electron chi connectivity index (χ1n) is 7.09. The lowest BCUT2D eigenvalue weighted by Gasteiger charge is -2.19. The van der Waals surface area contributed by atoms with Gasteiger partial charge in [0.1, 0.15) is 11.4 Å². The number of para-hydroxylation sites is 1. The van der Waals surface area contributed by atoms with Crippen molar-refractivity contribution < 1.29 is 19.1 Å². The second kappa shape index (κ2) is 9.80. The van der Waals surface area contributed by atoms with E-state index in [0.717, 1.165) is 0 Å². The number of amides is 1. The maximum Gasteiger partial charge on any atom is 0.407 e. The topological polar surface area (TPSA) is 64.6 Å². The monoisotopic (exact) mass is 295 g/mol. The number of carbonyl (C=O) groups excluding carboxylic acids is 2. The lowest BCUT2D eigenvalue weighted by atomic mass is 10.2. The van der Waals surface area contributed by atoms with E-state index in [1.165, 1.54) is 0 Å². The summed E-state index contributed by atoms with van der Waals surface area (Å²) in [6.45, 7) is 9.50. The molecule has 0 saturated heterocycles. The van der Waals surface area contributed by atoms with Crippen molar-refractivity contribution in [2.75, 3.05) is 6.54 Å². The quantitative estimate of drug-likeness (QED) is 0.681. The van der Waals surface area contributed by atoms with Crippen molar-refractivity contribution in [2.24, 2.45) is 0 Å². The number of alkyl carbamates (subject to hydrolysis) is 1. The fraction of sp³-hybridized carbons (Fsp3) is 0.500. The molecular formula is C16H25NO4. The summed E-state index contributed by atoms with van der Waals surface area (Å²) < 4.78 is 10.1. The number of benzene rings is 1. The minimum absolute atomic E-state index is 0.0914. The maximum atomic E-state index is 11.5. The zero-order chi connectivity index (χ0) is 16.3. The molecule has 0 heterocycles. The van der Waals surface area contributed by atoms with Gasteiger partial charge in [0.05, 0.1) is 6.42 Å². The standard InChI is InChI=1S/C14H19NO4.C2H6/c1-14(2,3)19-13(17)15-10-9-12(16)18-11-7-5-4-6-8-11;1-2/h4-8H,9-10H2,1-3H3,(H,15,17);1-2H3. The van der Waals surface area contributed by atoms with E-state index in [4.69, 9.17) is 9.47 Å². The molecular weight excluding hydrogens is 270 g/mol. The molecule has 0 unspecified atom stereocenters. The van der Waals surface area contributed by atoms with Crippen LogP contribution < -0.4 is 10.1 Å². The second-order valence-corrected chi connectivity index (χ2v) is 4.97. The summed E-state index contributed by atoms with van der Waals surface area (Å²) in [4.78, 5) is 22.8. The van der Waals surface area contributed by atoms with Crippen LogP contribution in [0.2, 0.25) is 0 Å². The SMILES string of the molecule is CC.CC(C)(C)OC(=O)NCCC(=O)Oc1ccccc1. The third-order valence-corrected chi connectivity index (χ3v) is 1.97. The van der Waals surface area contributed by atoms with Crippen molar-refractivity contribution in [3.63, 3.8) is 0 Å². The van der Waals surface area contributed by atoms with Gasteiger partial charge in [-0.3, -0.25) is 4.79 Å². The average molecular weight is 295 g/mol. The number of carbonyl (C=O) groups is 2.